The van der Waals surface area contributed by atoms with E-state index in [1.165, 1.54) is 0 Å². The number of carbonyl (C=O) groups excluding carboxylic acids is 1. The van der Waals surface area contributed by atoms with E-state index in [0.29, 0.717) is 40.9 Å². The molecular weight excluding hydrogens is 332 g/mol. The summed E-state index contributed by atoms with van der Waals surface area (Å²) in [6, 6.07) is 6.96. The summed E-state index contributed by atoms with van der Waals surface area (Å²) in [5.41, 5.74) is 0.585. The molecule has 4 rings (SSSR count). The van der Waals surface area contributed by atoms with Crippen molar-refractivity contribution in [3.8, 4) is 17.2 Å². The molecule has 0 spiro atoms. The fraction of sp³-hybridized carbons (Fsp3) is 0.294. The highest BCUT2D eigenvalue weighted by Gasteiger charge is 2.29. The molecule has 24 heavy (non-hydrogen) atoms. The molecule has 1 aromatic heterocycles. The number of halogens is 1. The predicted octanol–water partition coefficient (Wildman–Crippen LogP) is 2.76. The van der Waals surface area contributed by atoms with E-state index < -0.39 is 0 Å². The molecule has 124 valence electrons. The molecule has 0 N–H and O–H groups in total. The van der Waals surface area contributed by atoms with Gasteiger partial charge in [0.15, 0.2) is 11.5 Å². The molecule has 0 aliphatic carbocycles. The van der Waals surface area contributed by atoms with Gasteiger partial charge in [0.05, 0.1) is 6.54 Å². The molecule has 1 atom stereocenters. The largest absolute Gasteiger partial charge is 0.487 e. The number of likely N-dealkylation sites (tertiary alicyclic amines) is 1. The van der Waals surface area contributed by atoms with Gasteiger partial charge in [0.1, 0.15) is 16.9 Å². The van der Waals surface area contributed by atoms with Crippen molar-refractivity contribution in [2.45, 2.75) is 12.5 Å². The van der Waals surface area contributed by atoms with Crippen LogP contribution in [0.15, 0.2) is 36.7 Å². The Morgan fingerprint density at radius 2 is 2.17 bits per heavy atom. The molecule has 0 bridgehead atoms. The Kier molecular flexibility index (Phi) is 3.90. The molecule has 0 radical (unpaired) electrons. The van der Waals surface area contributed by atoms with Crippen molar-refractivity contribution in [1.29, 1.82) is 0 Å². The van der Waals surface area contributed by atoms with Crippen molar-refractivity contribution in [3.05, 3.63) is 47.2 Å². The van der Waals surface area contributed by atoms with Gasteiger partial charge in [0, 0.05) is 37.0 Å². The number of ether oxygens (including phenoxy) is 3. The third-order valence-corrected chi connectivity index (χ3v) is 4.36. The second-order valence-corrected chi connectivity index (χ2v) is 6.06. The number of amides is 1. The van der Waals surface area contributed by atoms with E-state index in [0.717, 1.165) is 6.42 Å². The second-order valence-electron chi connectivity index (χ2n) is 5.65. The Morgan fingerprint density at radius 1 is 1.29 bits per heavy atom. The number of hydrogen-bond donors (Lipinski definition) is 0. The zero-order valence-corrected chi connectivity index (χ0v) is 13.5. The second kappa shape index (κ2) is 6.20. The first-order chi connectivity index (χ1) is 11.7. The van der Waals surface area contributed by atoms with E-state index in [4.69, 9.17) is 25.8 Å². The van der Waals surface area contributed by atoms with E-state index in [1.54, 1.807) is 41.6 Å². The van der Waals surface area contributed by atoms with Crippen LogP contribution in [0.3, 0.4) is 0 Å². The van der Waals surface area contributed by atoms with E-state index in [1.807, 2.05) is 0 Å². The lowest BCUT2D eigenvalue weighted by Crippen LogP contribution is -2.30. The first-order valence-corrected chi connectivity index (χ1v) is 8.03. The minimum atomic E-state index is -0.0807. The predicted molar refractivity (Wildman–Crippen MR) is 86.7 cm³/mol. The van der Waals surface area contributed by atoms with Crippen LogP contribution in [0, 0.1) is 0 Å². The number of aromatic nitrogens is 1. The van der Waals surface area contributed by atoms with Crippen LogP contribution in [-0.2, 0) is 0 Å². The maximum atomic E-state index is 12.6. The van der Waals surface area contributed by atoms with Crippen LogP contribution in [0.1, 0.15) is 16.8 Å². The van der Waals surface area contributed by atoms with Gasteiger partial charge >= 0.3 is 0 Å². The third-order valence-electron chi connectivity index (χ3n) is 4.08. The number of nitrogens with zero attached hydrogens (tertiary/aromatic N) is 2. The van der Waals surface area contributed by atoms with Gasteiger partial charge in [-0.1, -0.05) is 11.6 Å². The number of benzene rings is 1. The average Bonchev–Trinajstić information content (AvgIpc) is 3.24. The van der Waals surface area contributed by atoms with Crippen molar-refractivity contribution in [2.75, 3.05) is 19.9 Å². The molecule has 2 aliphatic rings. The summed E-state index contributed by atoms with van der Waals surface area (Å²) < 4.78 is 16.5. The summed E-state index contributed by atoms with van der Waals surface area (Å²) in [6.45, 7) is 1.35. The van der Waals surface area contributed by atoms with Crippen molar-refractivity contribution in [2.24, 2.45) is 0 Å². The molecule has 6 nitrogen and oxygen atoms in total. The lowest BCUT2D eigenvalue weighted by molar-refractivity contribution is 0.0772. The summed E-state index contributed by atoms with van der Waals surface area (Å²) >= 11 is 6.06. The van der Waals surface area contributed by atoms with Gasteiger partial charge in [0.25, 0.3) is 5.91 Å². The van der Waals surface area contributed by atoms with Crippen LogP contribution in [-0.4, -0.2) is 41.8 Å². The van der Waals surface area contributed by atoms with Gasteiger partial charge < -0.3 is 19.1 Å². The van der Waals surface area contributed by atoms with Gasteiger partial charge in [-0.2, -0.15) is 0 Å². The normalized spacial score (nSPS) is 18.7. The SMILES string of the molecule is O=C(c1ccc2c(c1)OCO2)N1CCC(Oc2ccncc2Cl)C1. The summed E-state index contributed by atoms with van der Waals surface area (Å²) in [4.78, 5) is 18.4. The van der Waals surface area contributed by atoms with Gasteiger partial charge in [-0.3, -0.25) is 9.78 Å². The topological polar surface area (TPSA) is 60.9 Å². The van der Waals surface area contributed by atoms with Crippen LogP contribution in [0.4, 0.5) is 0 Å². The van der Waals surface area contributed by atoms with E-state index in [-0.39, 0.29) is 18.8 Å². The van der Waals surface area contributed by atoms with E-state index >= 15 is 0 Å². The van der Waals surface area contributed by atoms with Crippen LogP contribution < -0.4 is 14.2 Å². The summed E-state index contributed by atoms with van der Waals surface area (Å²) in [5, 5.41) is 0.470. The molecule has 1 fully saturated rings. The third kappa shape index (κ3) is 2.85. The monoisotopic (exact) mass is 346 g/mol. The van der Waals surface area contributed by atoms with Crippen molar-refractivity contribution in [3.63, 3.8) is 0 Å². The molecule has 7 heteroatoms. The Morgan fingerprint density at radius 3 is 3.04 bits per heavy atom. The number of fused-ring (bicyclic) bond motifs is 1. The molecule has 2 aliphatic heterocycles. The molecular formula is C17H15ClN2O4. The fourth-order valence-electron chi connectivity index (χ4n) is 2.86. The van der Waals surface area contributed by atoms with Crippen molar-refractivity contribution in [1.82, 2.24) is 9.88 Å². The van der Waals surface area contributed by atoms with Crippen LogP contribution in [0.5, 0.6) is 17.2 Å². The van der Waals surface area contributed by atoms with Crippen molar-refractivity contribution >= 4 is 17.5 Å². The maximum Gasteiger partial charge on any atom is 0.254 e. The lowest BCUT2D eigenvalue weighted by atomic mass is 10.2. The molecule has 1 unspecified atom stereocenters. The molecule has 3 heterocycles. The number of rotatable bonds is 3. The molecule has 1 saturated heterocycles. The van der Waals surface area contributed by atoms with Gasteiger partial charge in [-0.05, 0) is 18.2 Å². The zero-order chi connectivity index (χ0) is 16.5. The van der Waals surface area contributed by atoms with Crippen LogP contribution in [0.2, 0.25) is 5.02 Å². The number of hydrogen-bond acceptors (Lipinski definition) is 5. The van der Waals surface area contributed by atoms with Crippen molar-refractivity contribution < 1.29 is 19.0 Å². The van der Waals surface area contributed by atoms with Gasteiger partial charge in [-0.25, -0.2) is 0 Å². The minimum Gasteiger partial charge on any atom is -0.487 e. The molecule has 0 saturated carbocycles. The highest BCUT2D eigenvalue weighted by atomic mass is 35.5. The quantitative estimate of drug-likeness (QED) is 0.855. The first kappa shape index (κ1) is 15.1. The smallest absolute Gasteiger partial charge is 0.254 e. The van der Waals surface area contributed by atoms with E-state index in [2.05, 4.69) is 4.98 Å². The highest BCUT2D eigenvalue weighted by molar-refractivity contribution is 6.31. The standard InChI is InChI=1S/C17H15ClN2O4/c18-13-8-19-5-3-14(13)24-12-4-6-20(9-12)17(21)11-1-2-15-16(7-11)23-10-22-15/h1-3,5,7-8,12H,4,6,9-10H2. The lowest BCUT2D eigenvalue weighted by Gasteiger charge is -2.18. The zero-order valence-electron chi connectivity index (χ0n) is 12.8. The maximum absolute atomic E-state index is 12.6. The highest BCUT2D eigenvalue weighted by Crippen LogP contribution is 2.33. The fourth-order valence-corrected chi connectivity index (χ4v) is 3.02. The summed E-state index contributed by atoms with van der Waals surface area (Å²) in [6.07, 6.45) is 3.85. The van der Waals surface area contributed by atoms with Gasteiger partial charge in [-0.15, -0.1) is 0 Å². The van der Waals surface area contributed by atoms with Crippen LogP contribution >= 0.6 is 11.6 Å². The summed E-state index contributed by atoms with van der Waals surface area (Å²) in [5.74, 6) is 1.83. The minimum absolute atomic E-state index is 0.0415. The Labute approximate surface area is 143 Å². The molecule has 1 aromatic carbocycles. The Bertz CT molecular complexity index is 783. The first-order valence-electron chi connectivity index (χ1n) is 7.66. The number of carbonyl (C=O) groups is 1. The molecule has 1 amide bonds. The van der Waals surface area contributed by atoms with Gasteiger partial charge in [0.2, 0.25) is 6.79 Å². The molecule has 2 aromatic rings. The van der Waals surface area contributed by atoms with Crippen LogP contribution in [0.25, 0.3) is 0 Å². The Balaban J connectivity index is 1.43. The summed E-state index contributed by atoms with van der Waals surface area (Å²) in [7, 11) is 0. The Hall–Kier alpha value is -2.47. The number of pyridine rings is 1. The van der Waals surface area contributed by atoms with E-state index in [9.17, 15) is 4.79 Å². The average molecular weight is 347 g/mol.